The maximum atomic E-state index is 11.2. The number of esters is 1. The van der Waals surface area contributed by atoms with Crippen LogP contribution in [0.2, 0.25) is 0 Å². The van der Waals surface area contributed by atoms with Gasteiger partial charge in [0.25, 0.3) is 0 Å². The summed E-state index contributed by atoms with van der Waals surface area (Å²) in [7, 11) is 0. The molecule has 0 unspecified atom stereocenters. The molecule has 2 heterocycles. The number of hydrogen-bond donors (Lipinski definition) is 0. The van der Waals surface area contributed by atoms with Gasteiger partial charge in [0.15, 0.2) is 5.60 Å². The van der Waals surface area contributed by atoms with Crippen molar-refractivity contribution >= 4 is 29.0 Å². The van der Waals surface area contributed by atoms with Crippen molar-refractivity contribution in [1.29, 1.82) is 0 Å². The molecule has 0 amide bonds. The molecular formula is C10H10N2O2S2. The van der Waals surface area contributed by atoms with Crippen molar-refractivity contribution in [2.45, 2.75) is 19.4 Å². The lowest BCUT2D eigenvalue weighted by molar-refractivity contribution is -0.151. The van der Waals surface area contributed by atoms with Gasteiger partial charge in [0.05, 0.1) is 9.75 Å². The first-order valence-electron chi connectivity index (χ1n) is 4.65. The minimum absolute atomic E-state index is 0.315. The van der Waals surface area contributed by atoms with E-state index in [9.17, 15) is 4.79 Å². The minimum Gasteiger partial charge on any atom is -0.448 e. The van der Waals surface area contributed by atoms with Crippen LogP contribution in [-0.4, -0.2) is 14.7 Å². The number of nitrogens with zero attached hydrogens (tertiary/aromatic N) is 2. The molecule has 16 heavy (non-hydrogen) atoms. The second-order valence-electron chi connectivity index (χ2n) is 3.38. The Kier molecular flexibility index (Phi) is 3.02. The lowest BCUT2D eigenvalue weighted by Crippen LogP contribution is -2.27. The van der Waals surface area contributed by atoms with Crippen LogP contribution in [0.4, 0.5) is 0 Å². The zero-order valence-corrected chi connectivity index (χ0v) is 10.5. The van der Waals surface area contributed by atoms with Crippen LogP contribution in [0, 0.1) is 0 Å². The van der Waals surface area contributed by atoms with Gasteiger partial charge in [-0.15, -0.1) is 0 Å². The minimum atomic E-state index is -0.770. The summed E-state index contributed by atoms with van der Waals surface area (Å²) >= 11 is 2.64. The van der Waals surface area contributed by atoms with Crippen molar-refractivity contribution in [3.8, 4) is 0 Å². The standard InChI is InChI=1S/C10H10N2O2S2/c1-7(13)14-10(2,8-3-5-11-15-8)9-4-6-12-16-9/h3-6H,1-2H3. The number of rotatable bonds is 3. The molecule has 2 aromatic heterocycles. The SMILES string of the molecule is CC(=O)OC(C)(c1ccns1)c1ccns1. The van der Waals surface area contributed by atoms with Gasteiger partial charge in [0.2, 0.25) is 0 Å². The van der Waals surface area contributed by atoms with Gasteiger partial charge in [0, 0.05) is 19.3 Å². The first-order valence-corrected chi connectivity index (χ1v) is 6.19. The third-order valence-corrected chi connectivity index (χ3v) is 4.06. The second kappa shape index (κ2) is 4.31. The molecule has 0 bridgehead atoms. The molecular weight excluding hydrogens is 244 g/mol. The number of aromatic nitrogens is 2. The third-order valence-electron chi connectivity index (χ3n) is 2.16. The Balaban J connectivity index is 2.45. The number of hydrogen-bond acceptors (Lipinski definition) is 6. The second-order valence-corrected chi connectivity index (χ2v) is 5.05. The normalized spacial score (nSPS) is 11.4. The number of carbonyl (C=O) groups excluding carboxylic acids is 1. The van der Waals surface area contributed by atoms with Gasteiger partial charge in [-0.05, 0) is 42.1 Å². The van der Waals surface area contributed by atoms with Crippen molar-refractivity contribution in [1.82, 2.24) is 8.75 Å². The summed E-state index contributed by atoms with van der Waals surface area (Å²) in [5, 5.41) is 0. The van der Waals surface area contributed by atoms with Gasteiger partial charge < -0.3 is 4.74 Å². The summed E-state index contributed by atoms with van der Waals surface area (Å²) in [5.74, 6) is -0.315. The molecule has 4 nitrogen and oxygen atoms in total. The van der Waals surface area contributed by atoms with Gasteiger partial charge in [-0.1, -0.05) is 0 Å². The van der Waals surface area contributed by atoms with Gasteiger partial charge in [-0.25, -0.2) is 8.75 Å². The average Bonchev–Trinajstić information content (AvgIpc) is 2.91. The van der Waals surface area contributed by atoms with Crippen LogP contribution in [0.25, 0.3) is 0 Å². The molecule has 0 saturated heterocycles. The summed E-state index contributed by atoms with van der Waals surface area (Å²) < 4.78 is 13.5. The topological polar surface area (TPSA) is 52.1 Å². The Morgan fingerprint density at radius 3 is 2.06 bits per heavy atom. The zero-order valence-electron chi connectivity index (χ0n) is 8.84. The maximum Gasteiger partial charge on any atom is 0.303 e. The van der Waals surface area contributed by atoms with Crippen LogP contribution in [-0.2, 0) is 15.1 Å². The fraction of sp³-hybridized carbons (Fsp3) is 0.300. The number of carbonyl (C=O) groups is 1. The maximum absolute atomic E-state index is 11.2. The molecule has 0 saturated carbocycles. The summed E-state index contributed by atoms with van der Waals surface area (Å²) in [5.41, 5.74) is -0.770. The zero-order chi connectivity index (χ0) is 11.6. The molecule has 2 aromatic rings. The highest BCUT2D eigenvalue weighted by Crippen LogP contribution is 2.37. The van der Waals surface area contributed by atoms with Crippen LogP contribution < -0.4 is 0 Å². The lowest BCUT2D eigenvalue weighted by atomic mass is 10.0. The van der Waals surface area contributed by atoms with Crippen molar-refractivity contribution < 1.29 is 9.53 Å². The van der Waals surface area contributed by atoms with E-state index in [1.54, 1.807) is 12.4 Å². The van der Waals surface area contributed by atoms with Crippen LogP contribution in [0.5, 0.6) is 0 Å². The lowest BCUT2D eigenvalue weighted by Gasteiger charge is -2.25. The first-order chi connectivity index (χ1) is 7.63. The summed E-state index contributed by atoms with van der Waals surface area (Å²) in [6.45, 7) is 3.26. The Hall–Kier alpha value is -1.27. The molecule has 0 N–H and O–H groups in total. The van der Waals surface area contributed by atoms with Crippen molar-refractivity contribution in [3.63, 3.8) is 0 Å². The van der Waals surface area contributed by atoms with Crippen LogP contribution in [0.15, 0.2) is 24.5 Å². The highest BCUT2D eigenvalue weighted by Gasteiger charge is 2.35. The molecule has 0 fully saturated rings. The Morgan fingerprint density at radius 1 is 1.25 bits per heavy atom. The number of ether oxygens (including phenoxy) is 1. The highest BCUT2D eigenvalue weighted by molar-refractivity contribution is 7.07. The monoisotopic (exact) mass is 254 g/mol. The van der Waals surface area contributed by atoms with Crippen molar-refractivity contribution in [2.75, 3.05) is 0 Å². The van der Waals surface area contributed by atoms with Crippen LogP contribution >= 0.6 is 23.1 Å². The Bertz CT molecular complexity index is 431. The van der Waals surface area contributed by atoms with E-state index in [-0.39, 0.29) is 5.97 Å². The molecule has 0 radical (unpaired) electrons. The fourth-order valence-electron chi connectivity index (χ4n) is 1.43. The smallest absolute Gasteiger partial charge is 0.303 e. The van der Waals surface area contributed by atoms with Gasteiger partial charge in [-0.3, -0.25) is 4.79 Å². The summed E-state index contributed by atoms with van der Waals surface area (Å²) in [6.07, 6.45) is 3.39. The molecule has 0 aliphatic heterocycles. The third kappa shape index (κ3) is 1.98. The fourth-order valence-corrected chi connectivity index (χ4v) is 2.86. The predicted octanol–water partition coefficient (Wildman–Crippen LogP) is 2.43. The van der Waals surface area contributed by atoms with E-state index in [0.29, 0.717) is 0 Å². The van der Waals surface area contributed by atoms with E-state index in [2.05, 4.69) is 8.75 Å². The Morgan fingerprint density at radius 2 is 1.75 bits per heavy atom. The van der Waals surface area contributed by atoms with E-state index >= 15 is 0 Å². The molecule has 0 aromatic carbocycles. The Labute approximate surface area is 101 Å². The average molecular weight is 254 g/mol. The van der Waals surface area contributed by atoms with Crippen LogP contribution in [0.3, 0.4) is 0 Å². The molecule has 0 spiro atoms. The molecule has 0 aliphatic rings. The van der Waals surface area contributed by atoms with E-state index in [1.807, 2.05) is 19.1 Å². The van der Waals surface area contributed by atoms with E-state index in [0.717, 1.165) is 9.75 Å². The van der Waals surface area contributed by atoms with Crippen molar-refractivity contribution in [3.05, 3.63) is 34.3 Å². The van der Waals surface area contributed by atoms with Gasteiger partial charge in [0.1, 0.15) is 0 Å². The van der Waals surface area contributed by atoms with Crippen molar-refractivity contribution in [2.24, 2.45) is 0 Å². The van der Waals surface area contributed by atoms with E-state index in [1.165, 1.54) is 30.0 Å². The molecule has 0 aliphatic carbocycles. The first kappa shape index (κ1) is 11.2. The summed E-state index contributed by atoms with van der Waals surface area (Å²) in [4.78, 5) is 13.0. The largest absolute Gasteiger partial charge is 0.448 e. The van der Waals surface area contributed by atoms with Gasteiger partial charge in [-0.2, -0.15) is 0 Å². The van der Waals surface area contributed by atoms with E-state index < -0.39 is 5.60 Å². The molecule has 84 valence electrons. The molecule has 6 heteroatoms. The highest BCUT2D eigenvalue weighted by atomic mass is 32.1. The summed E-state index contributed by atoms with van der Waals surface area (Å²) in [6, 6.07) is 3.71. The molecule has 2 rings (SSSR count). The van der Waals surface area contributed by atoms with Gasteiger partial charge >= 0.3 is 5.97 Å². The quantitative estimate of drug-likeness (QED) is 0.789. The van der Waals surface area contributed by atoms with Crippen LogP contribution in [0.1, 0.15) is 23.6 Å². The molecule has 0 atom stereocenters. The predicted molar refractivity (Wildman–Crippen MR) is 62.4 cm³/mol. The van der Waals surface area contributed by atoms with E-state index in [4.69, 9.17) is 4.74 Å².